The van der Waals surface area contributed by atoms with Crippen LogP contribution in [0.5, 0.6) is 0 Å². The maximum Gasteiger partial charge on any atom is 0.255 e. The first-order chi connectivity index (χ1) is 14.6. The molecule has 0 radical (unpaired) electrons. The maximum absolute atomic E-state index is 12.9. The second kappa shape index (κ2) is 9.01. The van der Waals surface area contributed by atoms with Crippen LogP contribution in [0.4, 0.5) is 11.4 Å². The summed E-state index contributed by atoms with van der Waals surface area (Å²) in [6.07, 6.45) is 0. The number of carbonyl (C=O) groups excluding carboxylic acids is 2. The third kappa shape index (κ3) is 4.63. The van der Waals surface area contributed by atoms with Gasteiger partial charge in [0.2, 0.25) is 0 Å². The van der Waals surface area contributed by atoms with Crippen LogP contribution in [0.1, 0.15) is 20.7 Å². The molecule has 0 unspecified atom stereocenters. The molecule has 4 rings (SSSR count). The molecule has 0 bridgehead atoms. The Labute approximate surface area is 180 Å². The normalized spacial score (nSPS) is 13.8. The zero-order valence-corrected chi connectivity index (χ0v) is 17.2. The minimum absolute atomic E-state index is 0.00156. The number of hydrogen-bond donors (Lipinski definition) is 1. The van der Waals surface area contributed by atoms with E-state index < -0.39 is 0 Å². The highest BCUT2D eigenvalue weighted by atomic mass is 35.5. The molecule has 1 saturated heterocycles. The molecule has 3 aromatic rings. The summed E-state index contributed by atoms with van der Waals surface area (Å²) in [5.41, 5.74) is 2.94. The molecular weight excluding hydrogens is 398 g/mol. The number of anilines is 2. The van der Waals surface area contributed by atoms with Crippen molar-refractivity contribution in [2.24, 2.45) is 0 Å². The fraction of sp³-hybridized carbons (Fsp3) is 0.167. The van der Waals surface area contributed by atoms with Crippen molar-refractivity contribution in [3.63, 3.8) is 0 Å². The van der Waals surface area contributed by atoms with Crippen molar-refractivity contribution in [2.45, 2.75) is 0 Å². The monoisotopic (exact) mass is 419 g/mol. The average molecular weight is 420 g/mol. The van der Waals surface area contributed by atoms with Crippen LogP contribution in [0.25, 0.3) is 0 Å². The largest absolute Gasteiger partial charge is 0.368 e. The zero-order chi connectivity index (χ0) is 20.9. The summed E-state index contributed by atoms with van der Waals surface area (Å²) >= 11 is 6.08. The zero-order valence-electron chi connectivity index (χ0n) is 16.4. The molecule has 1 aliphatic heterocycles. The molecule has 1 fully saturated rings. The minimum Gasteiger partial charge on any atom is -0.368 e. The molecule has 6 heteroatoms. The highest BCUT2D eigenvalue weighted by Crippen LogP contribution is 2.21. The lowest BCUT2D eigenvalue weighted by molar-refractivity contribution is 0.0746. The van der Waals surface area contributed by atoms with Crippen LogP contribution < -0.4 is 10.2 Å². The number of rotatable bonds is 4. The van der Waals surface area contributed by atoms with Crippen LogP contribution >= 0.6 is 11.6 Å². The van der Waals surface area contributed by atoms with Crippen LogP contribution in [-0.2, 0) is 0 Å². The van der Waals surface area contributed by atoms with Gasteiger partial charge in [-0.25, -0.2) is 0 Å². The van der Waals surface area contributed by atoms with Gasteiger partial charge in [-0.15, -0.1) is 0 Å². The number of benzene rings is 3. The lowest BCUT2D eigenvalue weighted by Crippen LogP contribution is -2.48. The summed E-state index contributed by atoms with van der Waals surface area (Å²) in [5, 5.41) is 3.56. The topological polar surface area (TPSA) is 52.7 Å². The Balaban J connectivity index is 1.34. The average Bonchev–Trinajstić information content (AvgIpc) is 2.80. The summed E-state index contributed by atoms with van der Waals surface area (Å²) in [4.78, 5) is 29.2. The smallest absolute Gasteiger partial charge is 0.255 e. The molecule has 0 aromatic heterocycles. The van der Waals surface area contributed by atoms with Crippen molar-refractivity contribution in [3.8, 4) is 0 Å². The summed E-state index contributed by atoms with van der Waals surface area (Å²) < 4.78 is 0. The van der Waals surface area contributed by atoms with Crippen molar-refractivity contribution in [3.05, 3.63) is 95.0 Å². The molecule has 0 saturated carbocycles. The number of nitrogens with zero attached hydrogens (tertiary/aromatic N) is 2. The Morgan fingerprint density at radius 2 is 1.47 bits per heavy atom. The third-order valence-corrected chi connectivity index (χ3v) is 5.40. The molecule has 0 aliphatic carbocycles. The molecular formula is C24H22ClN3O2. The summed E-state index contributed by atoms with van der Waals surface area (Å²) in [6, 6.07) is 23.8. The van der Waals surface area contributed by atoms with Gasteiger partial charge in [-0.3, -0.25) is 9.59 Å². The quantitative estimate of drug-likeness (QED) is 0.674. The van der Waals surface area contributed by atoms with E-state index in [-0.39, 0.29) is 11.8 Å². The first-order valence-corrected chi connectivity index (χ1v) is 10.2. The first kappa shape index (κ1) is 20.0. The lowest BCUT2D eigenvalue weighted by Gasteiger charge is -2.36. The van der Waals surface area contributed by atoms with Crippen LogP contribution in [0.3, 0.4) is 0 Å². The van der Waals surface area contributed by atoms with Gasteiger partial charge in [0.25, 0.3) is 11.8 Å². The molecule has 1 N–H and O–H groups in total. The minimum atomic E-state index is -0.174. The van der Waals surface area contributed by atoms with Gasteiger partial charge < -0.3 is 15.1 Å². The Kier molecular flexibility index (Phi) is 6.00. The summed E-state index contributed by atoms with van der Waals surface area (Å²) in [7, 11) is 0. The van der Waals surface area contributed by atoms with Crippen molar-refractivity contribution in [2.75, 3.05) is 36.4 Å². The van der Waals surface area contributed by atoms with E-state index in [1.54, 1.807) is 36.4 Å². The Morgan fingerprint density at radius 3 is 2.13 bits per heavy atom. The van der Waals surface area contributed by atoms with Gasteiger partial charge in [0.15, 0.2) is 0 Å². The van der Waals surface area contributed by atoms with E-state index in [1.165, 1.54) is 0 Å². The first-order valence-electron chi connectivity index (χ1n) is 9.86. The molecule has 5 nitrogen and oxygen atoms in total. The number of hydrogen-bond acceptors (Lipinski definition) is 3. The van der Waals surface area contributed by atoms with Crippen LogP contribution in [0.2, 0.25) is 5.02 Å². The predicted molar refractivity (Wildman–Crippen MR) is 120 cm³/mol. The summed E-state index contributed by atoms with van der Waals surface area (Å²) in [6.45, 7) is 2.82. The molecule has 0 spiro atoms. The Bertz CT molecular complexity index is 1030. The molecule has 152 valence electrons. The second-order valence-electron chi connectivity index (χ2n) is 7.16. The second-order valence-corrected chi connectivity index (χ2v) is 7.59. The number of nitrogens with one attached hydrogen (secondary N) is 1. The van der Waals surface area contributed by atoms with Gasteiger partial charge >= 0.3 is 0 Å². The van der Waals surface area contributed by atoms with Crippen LogP contribution in [-0.4, -0.2) is 42.9 Å². The molecule has 1 heterocycles. The van der Waals surface area contributed by atoms with Crippen molar-refractivity contribution >= 4 is 34.8 Å². The predicted octanol–water partition coefficient (Wildman–Crippen LogP) is 4.55. The van der Waals surface area contributed by atoms with Gasteiger partial charge in [0.1, 0.15) is 0 Å². The Morgan fingerprint density at radius 1 is 0.767 bits per heavy atom. The van der Waals surface area contributed by atoms with Crippen molar-refractivity contribution in [1.82, 2.24) is 4.90 Å². The van der Waals surface area contributed by atoms with E-state index in [0.29, 0.717) is 34.9 Å². The fourth-order valence-electron chi connectivity index (χ4n) is 3.51. The molecule has 2 amide bonds. The van der Waals surface area contributed by atoms with Gasteiger partial charge in [0.05, 0.1) is 0 Å². The van der Waals surface area contributed by atoms with E-state index in [0.717, 1.165) is 18.8 Å². The SMILES string of the molecule is O=C(Nc1ccc(C(=O)N2CCN(c3cccc(Cl)c3)CC2)cc1)c1ccccc1. The standard InChI is InChI=1S/C24H22ClN3O2/c25-20-7-4-8-22(17-20)27-13-15-28(16-14-27)24(30)19-9-11-21(12-10-19)26-23(29)18-5-2-1-3-6-18/h1-12,17H,13-16H2,(H,26,29). The molecule has 0 atom stereocenters. The number of amides is 2. The number of carbonyl (C=O) groups is 2. The van der Waals surface area contributed by atoms with E-state index >= 15 is 0 Å². The van der Waals surface area contributed by atoms with E-state index in [9.17, 15) is 9.59 Å². The van der Waals surface area contributed by atoms with E-state index in [4.69, 9.17) is 11.6 Å². The van der Waals surface area contributed by atoms with Crippen LogP contribution in [0, 0.1) is 0 Å². The van der Waals surface area contributed by atoms with Gasteiger partial charge in [-0.2, -0.15) is 0 Å². The fourth-order valence-corrected chi connectivity index (χ4v) is 3.70. The molecule has 30 heavy (non-hydrogen) atoms. The van der Waals surface area contributed by atoms with Crippen molar-refractivity contribution in [1.29, 1.82) is 0 Å². The number of halogens is 1. The molecule has 1 aliphatic rings. The lowest BCUT2D eigenvalue weighted by atomic mass is 10.1. The van der Waals surface area contributed by atoms with Crippen molar-refractivity contribution < 1.29 is 9.59 Å². The third-order valence-electron chi connectivity index (χ3n) is 5.17. The number of piperazine rings is 1. The molecule has 3 aromatic carbocycles. The van der Waals surface area contributed by atoms with Gasteiger partial charge in [0, 0.05) is 53.7 Å². The van der Waals surface area contributed by atoms with Gasteiger partial charge in [-0.05, 0) is 54.6 Å². The van der Waals surface area contributed by atoms with E-state index in [2.05, 4.69) is 10.2 Å². The highest BCUT2D eigenvalue weighted by molar-refractivity contribution is 6.30. The highest BCUT2D eigenvalue weighted by Gasteiger charge is 2.22. The van der Waals surface area contributed by atoms with Gasteiger partial charge in [-0.1, -0.05) is 35.9 Å². The summed E-state index contributed by atoms with van der Waals surface area (Å²) in [5.74, 6) is -0.173. The maximum atomic E-state index is 12.9. The Hall–Kier alpha value is -3.31. The van der Waals surface area contributed by atoms with E-state index in [1.807, 2.05) is 47.4 Å². The van der Waals surface area contributed by atoms with Crippen LogP contribution in [0.15, 0.2) is 78.9 Å².